The van der Waals surface area contributed by atoms with Crippen LogP contribution in [0, 0.1) is 11.3 Å². The monoisotopic (exact) mass is 295 g/mol. The molecule has 3 heterocycles. The summed E-state index contributed by atoms with van der Waals surface area (Å²) < 4.78 is 6.12. The average molecular weight is 295 g/mol. The molecule has 3 rings (SSSR count). The van der Waals surface area contributed by atoms with Gasteiger partial charge in [-0.25, -0.2) is 0 Å². The summed E-state index contributed by atoms with van der Waals surface area (Å²) in [5.74, 6) is 2.45. The molecular formula is C15H25N3OS. The molecule has 0 aromatic rings. The number of ether oxygens (including phenoxy) is 1. The molecule has 0 radical (unpaired) electrons. The molecule has 0 saturated carbocycles. The van der Waals surface area contributed by atoms with Crippen LogP contribution in [0.5, 0.6) is 0 Å². The number of nitrogens with zero attached hydrogens (tertiary/aromatic N) is 3. The molecule has 0 amide bonds. The molecule has 20 heavy (non-hydrogen) atoms. The van der Waals surface area contributed by atoms with Crippen LogP contribution in [0.3, 0.4) is 0 Å². The second kappa shape index (κ2) is 6.23. The van der Waals surface area contributed by atoms with Gasteiger partial charge in [-0.05, 0) is 31.9 Å². The molecule has 5 heteroatoms. The van der Waals surface area contributed by atoms with Crippen molar-refractivity contribution in [3.63, 3.8) is 0 Å². The van der Waals surface area contributed by atoms with Crippen molar-refractivity contribution in [3.8, 4) is 6.07 Å². The first-order chi connectivity index (χ1) is 9.72. The Morgan fingerprint density at radius 3 is 2.80 bits per heavy atom. The molecule has 4 nitrogen and oxygen atoms in total. The van der Waals surface area contributed by atoms with E-state index in [4.69, 9.17) is 10.00 Å². The second-order valence-corrected chi connectivity index (χ2v) is 7.46. The van der Waals surface area contributed by atoms with Gasteiger partial charge in [0.15, 0.2) is 0 Å². The van der Waals surface area contributed by atoms with Gasteiger partial charge in [0.05, 0.1) is 17.7 Å². The Kier molecular flexibility index (Phi) is 4.56. The van der Waals surface area contributed by atoms with Crippen LogP contribution in [0.1, 0.15) is 26.2 Å². The number of hydrogen-bond donors (Lipinski definition) is 0. The Balaban J connectivity index is 1.54. The smallest absolute Gasteiger partial charge is 0.0950 e. The number of rotatable bonds is 2. The highest BCUT2D eigenvalue weighted by molar-refractivity contribution is 7.99. The van der Waals surface area contributed by atoms with E-state index in [9.17, 15) is 0 Å². The highest BCUT2D eigenvalue weighted by Gasteiger charge is 2.42. The minimum atomic E-state index is 0.0596. The lowest BCUT2D eigenvalue weighted by Crippen LogP contribution is -2.56. The maximum atomic E-state index is 9.02. The third kappa shape index (κ3) is 2.99. The molecule has 0 aromatic carbocycles. The third-order valence-corrected chi connectivity index (χ3v) is 6.36. The molecule has 3 unspecified atom stereocenters. The molecule has 3 atom stereocenters. The van der Waals surface area contributed by atoms with Gasteiger partial charge in [0.2, 0.25) is 0 Å². The average Bonchev–Trinajstić information content (AvgIpc) is 2.94. The van der Waals surface area contributed by atoms with E-state index in [0.29, 0.717) is 6.04 Å². The van der Waals surface area contributed by atoms with Crippen molar-refractivity contribution in [1.29, 1.82) is 5.26 Å². The van der Waals surface area contributed by atoms with Crippen LogP contribution in [-0.4, -0.2) is 71.8 Å². The minimum Gasteiger partial charge on any atom is -0.374 e. The highest BCUT2D eigenvalue weighted by atomic mass is 32.2. The largest absolute Gasteiger partial charge is 0.374 e. The van der Waals surface area contributed by atoms with E-state index < -0.39 is 0 Å². The maximum absolute atomic E-state index is 9.02. The zero-order valence-electron chi connectivity index (χ0n) is 12.4. The first-order valence-electron chi connectivity index (χ1n) is 7.82. The lowest BCUT2D eigenvalue weighted by Gasteiger charge is -2.45. The standard InChI is InChI=1S/C15H25N3OS/c1-13(11-16)17-4-6-18(7-5-17)14-2-8-19-15(10-14)3-9-20-12-15/h13-14H,2-10,12H2,1H3. The van der Waals surface area contributed by atoms with Crippen LogP contribution < -0.4 is 0 Å². The van der Waals surface area contributed by atoms with E-state index in [0.717, 1.165) is 32.8 Å². The fraction of sp³-hybridized carbons (Fsp3) is 0.933. The van der Waals surface area contributed by atoms with Crippen LogP contribution >= 0.6 is 11.8 Å². The summed E-state index contributed by atoms with van der Waals surface area (Å²) in [6.45, 7) is 7.23. The summed E-state index contributed by atoms with van der Waals surface area (Å²) >= 11 is 2.05. The Morgan fingerprint density at radius 2 is 2.15 bits per heavy atom. The predicted molar refractivity (Wildman–Crippen MR) is 81.9 cm³/mol. The Bertz CT molecular complexity index is 370. The maximum Gasteiger partial charge on any atom is 0.0950 e. The van der Waals surface area contributed by atoms with Crippen molar-refractivity contribution in [2.24, 2.45) is 0 Å². The SMILES string of the molecule is CC(C#N)N1CCN(C2CCOC3(CCSC3)C2)CC1. The van der Waals surface area contributed by atoms with Crippen LogP contribution in [0.25, 0.3) is 0 Å². The Hall–Kier alpha value is -0.280. The lowest BCUT2D eigenvalue weighted by molar-refractivity contribution is -0.0944. The molecule has 112 valence electrons. The second-order valence-electron chi connectivity index (χ2n) is 6.36. The molecule has 3 fully saturated rings. The van der Waals surface area contributed by atoms with Crippen LogP contribution in [0.2, 0.25) is 0 Å². The molecule has 0 aliphatic carbocycles. The number of piperazine rings is 1. The van der Waals surface area contributed by atoms with E-state index in [1.165, 1.54) is 30.8 Å². The molecule has 0 bridgehead atoms. The van der Waals surface area contributed by atoms with E-state index in [-0.39, 0.29) is 11.6 Å². The summed E-state index contributed by atoms with van der Waals surface area (Å²) in [5.41, 5.74) is 0.185. The first-order valence-corrected chi connectivity index (χ1v) is 8.97. The van der Waals surface area contributed by atoms with Gasteiger partial charge >= 0.3 is 0 Å². The van der Waals surface area contributed by atoms with Gasteiger partial charge in [0.25, 0.3) is 0 Å². The summed E-state index contributed by atoms with van der Waals surface area (Å²) in [6, 6.07) is 3.11. The normalized spacial score (nSPS) is 37.9. The molecule has 3 saturated heterocycles. The van der Waals surface area contributed by atoms with Crippen molar-refractivity contribution in [2.75, 3.05) is 44.3 Å². The van der Waals surface area contributed by atoms with Crippen LogP contribution in [0.4, 0.5) is 0 Å². The van der Waals surface area contributed by atoms with E-state index in [2.05, 4.69) is 15.9 Å². The summed E-state index contributed by atoms with van der Waals surface area (Å²) in [5, 5.41) is 9.02. The summed E-state index contributed by atoms with van der Waals surface area (Å²) in [6.07, 6.45) is 3.63. The van der Waals surface area contributed by atoms with Crippen molar-refractivity contribution in [3.05, 3.63) is 0 Å². The van der Waals surface area contributed by atoms with Crippen LogP contribution in [-0.2, 0) is 4.74 Å². The Morgan fingerprint density at radius 1 is 1.35 bits per heavy atom. The quantitative estimate of drug-likeness (QED) is 0.773. The van der Waals surface area contributed by atoms with Crippen LogP contribution in [0.15, 0.2) is 0 Å². The van der Waals surface area contributed by atoms with Gasteiger partial charge in [-0.15, -0.1) is 0 Å². The van der Waals surface area contributed by atoms with E-state index in [1.807, 2.05) is 18.7 Å². The van der Waals surface area contributed by atoms with Gasteiger partial charge in [0.1, 0.15) is 0 Å². The molecule has 3 aliphatic heterocycles. The van der Waals surface area contributed by atoms with Gasteiger partial charge in [-0.3, -0.25) is 9.80 Å². The van der Waals surface area contributed by atoms with Gasteiger partial charge in [0, 0.05) is 44.6 Å². The fourth-order valence-corrected chi connectivity index (χ4v) is 5.13. The molecule has 3 aliphatic rings. The predicted octanol–water partition coefficient (Wildman–Crippen LogP) is 1.57. The van der Waals surface area contributed by atoms with Crippen molar-refractivity contribution < 1.29 is 4.74 Å². The molecule has 0 N–H and O–H groups in total. The van der Waals surface area contributed by atoms with Gasteiger partial charge in [-0.2, -0.15) is 17.0 Å². The molecular weight excluding hydrogens is 270 g/mol. The summed E-state index contributed by atoms with van der Waals surface area (Å²) in [4.78, 5) is 4.95. The number of hydrogen-bond acceptors (Lipinski definition) is 5. The van der Waals surface area contributed by atoms with Gasteiger partial charge < -0.3 is 4.74 Å². The van der Waals surface area contributed by atoms with Crippen molar-refractivity contribution in [2.45, 2.75) is 43.9 Å². The topological polar surface area (TPSA) is 39.5 Å². The first kappa shape index (κ1) is 14.6. The third-order valence-electron chi connectivity index (χ3n) is 5.13. The number of nitriles is 1. The summed E-state index contributed by atoms with van der Waals surface area (Å²) in [7, 11) is 0. The Labute approximate surface area is 126 Å². The number of thioether (sulfide) groups is 1. The van der Waals surface area contributed by atoms with E-state index in [1.54, 1.807) is 0 Å². The fourth-order valence-electron chi connectivity index (χ4n) is 3.75. The molecule has 1 spiro atoms. The highest BCUT2D eigenvalue weighted by Crippen LogP contribution is 2.39. The van der Waals surface area contributed by atoms with E-state index >= 15 is 0 Å². The van der Waals surface area contributed by atoms with Gasteiger partial charge in [-0.1, -0.05) is 0 Å². The minimum absolute atomic E-state index is 0.0596. The zero-order valence-corrected chi connectivity index (χ0v) is 13.2. The van der Waals surface area contributed by atoms with Crippen molar-refractivity contribution >= 4 is 11.8 Å². The van der Waals surface area contributed by atoms with Crippen molar-refractivity contribution in [1.82, 2.24) is 9.80 Å². The lowest BCUT2D eigenvalue weighted by atomic mass is 9.88. The molecule has 0 aromatic heterocycles. The zero-order chi connectivity index (χ0) is 14.0.